The molecule has 0 radical (unpaired) electrons. The van der Waals surface area contributed by atoms with Crippen LogP contribution in [0, 0.1) is 6.92 Å². The molecule has 12 heavy (non-hydrogen) atoms. The van der Waals surface area contributed by atoms with Crippen LogP contribution in [0.2, 0.25) is 0 Å². The normalized spacial score (nSPS) is 12.8. The fraction of sp³-hybridized carbons (Fsp3) is 0.429. The van der Waals surface area contributed by atoms with Gasteiger partial charge < -0.3 is 10.8 Å². The Morgan fingerprint density at radius 3 is 3.00 bits per heavy atom. The molecule has 1 aromatic rings. The van der Waals surface area contributed by atoms with E-state index in [-0.39, 0.29) is 0 Å². The summed E-state index contributed by atoms with van der Waals surface area (Å²) in [6.45, 7) is 1.92. The van der Waals surface area contributed by atoms with E-state index in [0.717, 1.165) is 10.6 Å². The number of aliphatic carboxylic acids is 1. The van der Waals surface area contributed by atoms with Crippen molar-refractivity contribution in [3.63, 3.8) is 0 Å². The van der Waals surface area contributed by atoms with Gasteiger partial charge >= 0.3 is 5.97 Å². The molecule has 1 heterocycles. The van der Waals surface area contributed by atoms with E-state index in [1.807, 2.05) is 13.0 Å². The molecule has 0 aliphatic rings. The summed E-state index contributed by atoms with van der Waals surface area (Å²) < 4.78 is 4.04. The Morgan fingerprint density at radius 1 is 1.92 bits per heavy atom. The third-order valence-corrected chi connectivity index (χ3v) is 2.15. The summed E-state index contributed by atoms with van der Waals surface area (Å²) in [5, 5.41) is 8.50. The first kappa shape index (κ1) is 9.15. The predicted octanol–water partition coefficient (Wildman–Crippen LogP) is 0.406. The second-order valence-electron chi connectivity index (χ2n) is 2.58. The lowest BCUT2D eigenvalue weighted by Crippen LogP contribution is -2.32. The van der Waals surface area contributed by atoms with Crippen LogP contribution in [-0.4, -0.2) is 21.5 Å². The molecule has 0 aliphatic heterocycles. The van der Waals surface area contributed by atoms with Crippen LogP contribution in [0.3, 0.4) is 0 Å². The molecule has 1 rings (SSSR count). The maximum Gasteiger partial charge on any atom is 0.320 e. The van der Waals surface area contributed by atoms with E-state index < -0.39 is 12.0 Å². The van der Waals surface area contributed by atoms with Gasteiger partial charge in [-0.25, -0.2) is 0 Å². The second kappa shape index (κ2) is 3.64. The van der Waals surface area contributed by atoms with E-state index in [4.69, 9.17) is 10.8 Å². The van der Waals surface area contributed by atoms with Crippen molar-refractivity contribution in [2.45, 2.75) is 19.4 Å². The lowest BCUT2D eigenvalue weighted by atomic mass is 10.2. The summed E-state index contributed by atoms with van der Waals surface area (Å²) in [6.07, 6.45) is 0.305. The molecule has 0 aliphatic carbocycles. The van der Waals surface area contributed by atoms with Crippen molar-refractivity contribution in [3.05, 3.63) is 16.6 Å². The lowest BCUT2D eigenvalue weighted by Gasteiger charge is -2.01. The van der Waals surface area contributed by atoms with E-state index in [1.54, 1.807) is 0 Å². The number of hydrogen-bond donors (Lipinski definition) is 2. The second-order valence-corrected chi connectivity index (χ2v) is 3.59. The molecule has 0 saturated heterocycles. The highest BCUT2D eigenvalue weighted by Gasteiger charge is 2.13. The van der Waals surface area contributed by atoms with Crippen molar-refractivity contribution in [1.29, 1.82) is 0 Å². The molecule has 0 aromatic carbocycles. The van der Waals surface area contributed by atoms with Gasteiger partial charge in [0.05, 0.1) is 5.69 Å². The minimum atomic E-state index is -0.986. The van der Waals surface area contributed by atoms with Crippen LogP contribution in [0.15, 0.2) is 6.07 Å². The number of carboxylic acids is 1. The summed E-state index contributed by atoms with van der Waals surface area (Å²) in [6, 6.07) is 1.01. The SMILES string of the molecule is Cc1cc(CC(N)C(=O)O)ns1. The van der Waals surface area contributed by atoms with Crippen molar-refractivity contribution in [3.8, 4) is 0 Å². The standard InChI is InChI=1S/C7H10N2O2S/c1-4-2-5(9-12-4)3-6(8)7(10)11/h2,6H,3,8H2,1H3,(H,10,11). The average Bonchev–Trinajstić information content (AvgIpc) is 2.35. The van der Waals surface area contributed by atoms with E-state index in [9.17, 15) is 4.79 Å². The monoisotopic (exact) mass is 186 g/mol. The first-order valence-corrected chi connectivity index (χ1v) is 4.27. The Balaban J connectivity index is 2.58. The van der Waals surface area contributed by atoms with Crippen molar-refractivity contribution < 1.29 is 9.90 Å². The molecule has 1 atom stereocenters. The van der Waals surface area contributed by atoms with Gasteiger partial charge in [0.1, 0.15) is 6.04 Å². The van der Waals surface area contributed by atoms with Crippen molar-refractivity contribution in [1.82, 2.24) is 4.37 Å². The molecule has 0 saturated carbocycles. The van der Waals surface area contributed by atoms with Crippen molar-refractivity contribution >= 4 is 17.5 Å². The maximum absolute atomic E-state index is 10.4. The zero-order chi connectivity index (χ0) is 9.14. The van der Waals surface area contributed by atoms with E-state index in [2.05, 4.69) is 4.37 Å². The number of aromatic nitrogens is 1. The largest absolute Gasteiger partial charge is 0.480 e. The smallest absolute Gasteiger partial charge is 0.320 e. The van der Waals surface area contributed by atoms with Gasteiger partial charge in [-0.2, -0.15) is 4.37 Å². The highest BCUT2D eigenvalue weighted by molar-refractivity contribution is 7.05. The molecule has 0 amide bonds. The molecule has 1 aromatic heterocycles. The molecule has 0 fully saturated rings. The predicted molar refractivity (Wildman–Crippen MR) is 46.2 cm³/mol. The van der Waals surface area contributed by atoms with Gasteiger partial charge in [-0.1, -0.05) is 0 Å². The molecule has 66 valence electrons. The summed E-state index contributed by atoms with van der Waals surface area (Å²) in [5.74, 6) is -0.986. The molecular formula is C7H10N2O2S. The third-order valence-electron chi connectivity index (χ3n) is 1.42. The highest BCUT2D eigenvalue weighted by atomic mass is 32.1. The van der Waals surface area contributed by atoms with E-state index in [1.165, 1.54) is 11.5 Å². The minimum Gasteiger partial charge on any atom is -0.480 e. The van der Waals surface area contributed by atoms with Crippen molar-refractivity contribution in [2.75, 3.05) is 0 Å². The molecule has 4 nitrogen and oxygen atoms in total. The van der Waals surface area contributed by atoms with Crippen LogP contribution in [0.5, 0.6) is 0 Å². The van der Waals surface area contributed by atoms with E-state index in [0.29, 0.717) is 6.42 Å². The Morgan fingerprint density at radius 2 is 2.58 bits per heavy atom. The zero-order valence-electron chi connectivity index (χ0n) is 6.65. The van der Waals surface area contributed by atoms with Crippen LogP contribution in [-0.2, 0) is 11.2 Å². The highest BCUT2D eigenvalue weighted by Crippen LogP contribution is 2.09. The molecule has 0 bridgehead atoms. The summed E-state index contributed by atoms with van der Waals surface area (Å²) in [4.78, 5) is 11.4. The Hall–Kier alpha value is -0.940. The van der Waals surface area contributed by atoms with Gasteiger partial charge in [0, 0.05) is 11.3 Å². The van der Waals surface area contributed by atoms with Gasteiger partial charge in [-0.05, 0) is 24.5 Å². The maximum atomic E-state index is 10.4. The quantitative estimate of drug-likeness (QED) is 0.716. The first-order valence-electron chi connectivity index (χ1n) is 3.50. The van der Waals surface area contributed by atoms with Crippen LogP contribution in [0.25, 0.3) is 0 Å². The van der Waals surface area contributed by atoms with Crippen LogP contribution in [0.1, 0.15) is 10.6 Å². The Labute approximate surface area is 74.2 Å². The van der Waals surface area contributed by atoms with Gasteiger partial charge in [0.25, 0.3) is 0 Å². The Bertz CT molecular complexity index is 285. The molecule has 3 N–H and O–H groups in total. The average molecular weight is 186 g/mol. The Kier molecular flexibility index (Phi) is 2.78. The van der Waals surface area contributed by atoms with Crippen molar-refractivity contribution in [2.24, 2.45) is 5.73 Å². The zero-order valence-corrected chi connectivity index (χ0v) is 7.47. The van der Waals surface area contributed by atoms with Crippen LogP contribution >= 0.6 is 11.5 Å². The van der Waals surface area contributed by atoms with Crippen LogP contribution < -0.4 is 5.73 Å². The summed E-state index contributed by atoms with van der Waals surface area (Å²) >= 11 is 1.36. The summed E-state index contributed by atoms with van der Waals surface area (Å²) in [5.41, 5.74) is 6.08. The first-order chi connectivity index (χ1) is 5.59. The number of rotatable bonds is 3. The number of hydrogen-bond acceptors (Lipinski definition) is 4. The van der Waals surface area contributed by atoms with Gasteiger partial charge in [-0.3, -0.25) is 4.79 Å². The van der Waals surface area contributed by atoms with E-state index >= 15 is 0 Å². The molecule has 5 heteroatoms. The molecule has 0 spiro atoms. The number of carboxylic acid groups (broad SMARTS) is 1. The van der Waals surface area contributed by atoms with Gasteiger partial charge in [-0.15, -0.1) is 0 Å². The minimum absolute atomic E-state index is 0.305. The topological polar surface area (TPSA) is 76.2 Å². The summed E-state index contributed by atoms with van der Waals surface area (Å²) in [7, 11) is 0. The number of carbonyl (C=O) groups is 1. The number of nitrogens with zero attached hydrogens (tertiary/aromatic N) is 1. The number of aryl methyl sites for hydroxylation is 1. The van der Waals surface area contributed by atoms with Gasteiger partial charge in [0.15, 0.2) is 0 Å². The fourth-order valence-electron chi connectivity index (χ4n) is 0.827. The fourth-order valence-corrected chi connectivity index (χ4v) is 1.40. The molecular weight excluding hydrogens is 176 g/mol. The third kappa shape index (κ3) is 2.28. The molecule has 1 unspecified atom stereocenters. The lowest BCUT2D eigenvalue weighted by molar-refractivity contribution is -0.138. The number of nitrogens with two attached hydrogens (primary N) is 1. The van der Waals surface area contributed by atoms with Gasteiger partial charge in [0.2, 0.25) is 0 Å². The van der Waals surface area contributed by atoms with Crippen LogP contribution in [0.4, 0.5) is 0 Å².